The Labute approximate surface area is 92.9 Å². The summed E-state index contributed by atoms with van der Waals surface area (Å²) in [4.78, 5) is 0.932. The number of halogens is 1. The molecule has 0 saturated heterocycles. The molecule has 78 valence electrons. The van der Waals surface area contributed by atoms with Gasteiger partial charge in [-0.2, -0.15) is 0 Å². The van der Waals surface area contributed by atoms with E-state index in [1.54, 1.807) is 6.07 Å². The monoisotopic (exact) mass is 232 g/mol. The molecule has 1 aromatic carbocycles. The summed E-state index contributed by atoms with van der Waals surface area (Å²) in [6, 6.07) is 5.49. The third-order valence-electron chi connectivity index (χ3n) is 1.82. The molecule has 2 N–H and O–H groups in total. The highest BCUT2D eigenvalue weighted by molar-refractivity contribution is 8.00. The molecule has 1 rings (SSSR count). The van der Waals surface area contributed by atoms with E-state index in [1.807, 2.05) is 19.1 Å². The molecule has 0 bridgehead atoms. The quantitative estimate of drug-likeness (QED) is 0.783. The minimum atomic E-state index is -0.0693. The van der Waals surface area contributed by atoms with Crippen molar-refractivity contribution in [2.24, 2.45) is 0 Å². The summed E-state index contributed by atoms with van der Waals surface area (Å²) < 4.78 is 0. The van der Waals surface area contributed by atoms with Crippen molar-refractivity contribution < 1.29 is 10.2 Å². The standard InChI is InChI=1S/C10H13ClO2S/c1-7(5-12)14-10-4-2-3-9(11)8(10)6-13/h2-4,7,12-13H,5-6H2,1H3. The van der Waals surface area contributed by atoms with Crippen molar-refractivity contribution in [1.82, 2.24) is 0 Å². The molecule has 4 heteroatoms. The van der Waals surface area contributed by atoms with Gasteiger partial charge in [0.15, 0.2) is 0 Å². The Kier molecular flexibility index (Phi) is 4.75. The number of hydrogen-bond acceptors (Lipinski definition) is 3. The summed E-state index contributed by atoms with van der Waals surface area (Å²) >= 11 is 7.43. The second kappa shape index (κ2) is 5.61. The summed E-state index contributed by atoms with van der Waals surface area (Å²) in [5, 5.41) is 18.7. The van der Waals surface area contributed by atoms with Gasteiger partial charge in [0.2, 0.25) is 0 Å². The Morgan fingerprint density at radius 1 is 1.43 bits per heavy atom. The Morgan fingerprint density at radius 2 is 2.14 bits per heavy atom. The number of hydrogen-bond donors (Lipinski definition) is 2. The molecule has 0 aromatic heterocycles. The minimum absolute atomic E-state index is 0.0693. The molecule has 0 saturated carbocycles. The molecule has 1 unspecified atom stereocenters. The number of aliphatic hydroxyl groups is 2. The summed E-state index contributed by atoms with van der Waals surface area (Å²) in [7, 11) is 0. The van der Waals surface area contributed by atoms with Crippen LogP contribution in [0.1, 0.15) is 12.5 Å². The van der Waals surface area contributed by atoms with Crippen molar-refractivity contribution in [3.05, 3.63) is 28.8 Å². The maximum atomic E-state index is 9.12. The van der Waals surface area contributed by atoms with E-state index in [0.717, 1.165) is 10.5 Å². The fourth-order valence-electron chi connectivity index (χ4n) is 1.06. The molecule has 0 fully saturated rings. The molecule has 0 amide bonds. The van der Waals surface area contributed by atoms with E-state index in [-0.39, 0.29) is 18.5 Å². The molecular formula is C10H13ClO2S. The number of thioether (sulfide) groups is 1. The first-order valence-corrected chi connectivity index (χ1v) is 5.60. The van der Waals surface area contributed by atoms with Crippen LogP contribution in [0.25, 0.3) is 0 Å². The third kappa shape index (κ3) is 2.89. The maximum Gasteiger partial charge on any atom is 0.0707 e. The van der Waals surface area contributed by atoms with Gasteiger partial charge in [0.05, 0.1) is 13.2 Å². The zero-order valence-corrected chi connectivity index (χ0v) is 9.48. The van der Waals surface area contributed by atoms with Crippen molar-refractivity contribution in [3.8, 4) is 0 Å². The van der Waals surface area contributed by atoms with Crippen molar-refractivity contribution in [1.29, 1.82) is 0 Å². The van der Waals surface area contributed by atoms with Gasteiger partial charge in [-0.15, -0.1) is 11.8 Å². The lowest BCUT2D eigenvalue weighted by atomic mass is 10.2. The second-order valence-corrected chi connectivity index (χ2v) is 4.87. The van der Waals surface area contributed by atoms with E-state index in [9.17, 15) is 0 Å². The van der Waals surface area contributed by atoms with Gasteiger partial charge in [0, 0.05) is 20.7 Å². The molecule has 14 heavy (non-hydrogen) atoms. The molecular weight excluding hydrogens is 220 g/mol. The first-order chi connectivity index (χ1) is 6.69. The molecule has 1 atom stereocenters. The predicted octanol–water partition coefficient (Wildman–Crippen LogP) is 2.31. The fourth-order valence-corrected chi connectivity index (χ4v) is 2.33. The topological polar surface area (TPSA) is 40.5 Å². The molecule has 0 radical (unpaired) electrons. The van der Waals surface area contributed by atoms with Crippen molar-refractivity contribution in [2.75, 3.05) is 6.61 Å². The summed E-state index contributed by atoms with van der Waals surface area (Å²) in [6.45, 7) is 1.97. The summed E-state index contributed by atoms with van der Waals surface area (Å²) in [5.74, 6) is 0. The van der Waals surface area contributed by atoms with E-state index in [4.69, 9.17) is 21.8 Å². The highest BCUT2D eigenvalue weighted by Crippen LogP contribution is 2.30. The SMILES string of the molecule is CC(CO)Sc1cccc(Cl)c1CO. The Hall–Kier alpha value is -0.220. The van der Waals surface area contributed by atoms with E-state index in [0.29, 0.717) is 5.02 Å². The van der Waals surface area contributed by atoms with Crippen molar-refractivity contribution in [2.45, 2.75) is 23.7 Å². The molecule has 0 aliphatic carbocycles. The van der Waals surface area contributed by atoms with E-state index in [2.05, 4.69) is 0 Å². The summed E-state index contributed by atoms with van der Waals surface area (Å²) in [5.41, 5.74) is 0.736. The normalized spacial score (nSPS) is 12.9. The van der Waals surface area contributed by atoms with Crippen LogP contribution in [0.3, 0.4) is 0 Å². The maximum absolute atomic E-state index is 9.12. The first kappa shape index (κ1) is 11.9. The van der Waals surface area contributed by atoms with Gasteiger partial charge in [-0.05, 0) is 12.1 Å². The van der Waals surface area contributed by atoms with Crippen LogP contribution in [0.5, 0.6) is 0 Å². The van der Waals surface area contributed by atoms with E-state index in [1.165, 1.54) is 11.8 Å². The third-order valence-corrected chi connectivity index (χ3v) is 3.36. The fraction of sp³-hybridized carbons (Fsp3) is 0.400. The Bertz CT molecular complexity index is 304. The van der Waals surface area contributed by atoms with Crippen LogP contribution in [-0.4, -0.2) is 22.1 Å². The van der Waals surface area contributed by atoms with Crippen LogP contribution in [0.2, 0.25) is 5.02 Å². The van der Waals surface area contributed by atoms with Gasteiger partial charge in [-0.25, -0.2) is 0 Å². The lowest BCUT2D eigenvalue weighted by Gasteiger charge is -2.12. The van der Waals surface area contributed by atoms with Crippen LogP contribution in [0.15, 0.2) is 23.1 Å². The van der Waals surface area contributed by atoms with Crippen LogP contribution in [0, 0.1) is 0 Å². The van der Waals surface area contributed by atoms with Gasteiger partial charge in [0.1, 0.15) is 0 Å². The molecule has 0 aliphatic rings. The van der Waals surface area contributed by atoms with Crippen LogP contribution in [-0.2, 0) is 6.61 Å². The molecule has 2 nitrogen and oxygen atoms in total. The lowest BCUT2D eigenvalue weighted by Crippen LogP contribution is -2.02. The molecule has 0 aliphatic heterocycles. The highest BCUT2D eigenvalue weighted by Gasteiger charge is 2.09. The molecule has 0 heterocycles. The van der Waals surface area contributed by atoms with Gasteiger partial charge < -0.3 is 10.2 Å². The van der Waals surface area contributed by atoms with Gasteiger partial charge in [0.25, 0.3) is 0 Å². The average Bonchev–Trinajstić information content (AvgIpc) is 2.18. The zero-order chi connectivity index (χ0) is 10.6. The van der Waals surface area contributed by atoms with Gasteiger partial charge >= 0.3 is 0 Å². The van der Waals surface area contributed by atoms with Gasteiger partial charge in [-0.1, -0.05) is 24.6 Å². The lowest BCUT2D eigenvalue weighted by molar-refractivity contribution is 0.278. The van der Waals surface area contributed by atoms with Crippen molar-refractivity contribution >= 4 is 23.4 Å². The number of aliphatic hydroxyl groups excluding tert-OH is 2. The average molecular weight is 233 g/mol. The van der Waals surface area contributed by atoms with E-state index >= 15 is 0 Å². The van der Waals surface area contributed by atoms with Crippen LogP contribution >= 0.6 is 23.4 Å². The Morgan fingerprint density at radius 3 is 2.71 bits per heavy atom. The predicted molar refractivity (Wildman–Crippen MR) is 59.8 cm³/mol. The van der Waals surface area contributed by atoms with Crippen LogP contribution in [0.4, 0.5) is 0 Å². The zero-order valence-electron chi connectivity index (χ0n) is 7.90. The minimum Gasteiger partial charge on any atom is -0.395 e. The number of rotatable bonds is 4. The number of benzene rings is 1. The molecule has 0 spiro atoms. The highest BCUT2D eigenvalue weighted by atomic mass is 35.5. The van der Waals surface area contributed by atoms with Crippen molar-refractivity contribution in [3.63, 3.8) is 0 Å². The molecule has 1 aromatic rings. The van der Waals surface area contributed by atoms with Gasteiger partial charge in [-0.3, -0.25) is 0 Å². The largest absolute Gasteiger partial charge is 0.395 e. The van der Waals surface area contributed by atoms with Crippen LogP contribution < -0.4 is 0 Å². The smallest absolute Gasteiger partial charge is 0.0707 e. The second-order valence-electron chi connectivity index (χ2n) is 2.99. The Balaban J connectivity index is 2.90. The first-order valence-electron chi connectivity index (χ1n) is 4.34. The van der Waals surface area contributed by atoms with E-state index < -0.39 is 0 Å². The summed E-state index contributed by atoms with van der Waals surface area (Å²) in [6.07, 6.45) is 0.